The van der Waals surface area contributed by atoms with Crippen molar-refractivity contribution in [2.45, 2.75) is 19.8 Å². The van der Waals surface area contributed by atoms with Crippen LogP contribution in [0.4, 0.5) is 11.4 Å². The van der Waals surface area contributed by atoms with Gasteiger partial charge in [0.2, 0.25) is 0 Å². The van der Waals surface area contributed by atoms with Crippen LogP contribution in [0.1, 0.15) is 21.8 Å². The molecule has 29 heavy (non-hydrogen) atoms. The fourth-order valence-corrected chi connectivity index (χ4v) is 3.98. The first-order valence-electron chi connectivity index (χ1n) is 9.37. The second-order valence-electron chi connectivity index (χ2n) is 6.72. The average molecular weight is 404 g/mol. The average Bonchev–Trinajstić information content (AvgIpc) is 3.08. The minimum absolute atomic E-state index is 0.280. The normalized spacial score (nSPS) is 12.9. The van der Waals surface area contributed by atoms with Gasteiger partial charge in [-0.1, -0.05) is 36.4 Å². The Bertz CT molecular complexity index is 1040. The van der Waals surface area contributed by atoms with Crippen molar-refractivity contribution in [3.05, 3.63) is 81.8 Å². The van der Waals surface area contributed by atoms with Crippen LogP contribution in [-0.4, -0.2) is 23.5 Å². The maximum Gasteiger partial charge on any atom is 0.331 e. The van der Waals surface area contributed by atoms with Gasteiger partial charge in [-0.3, -0.25) is 9.69 Å². The molecule has 0 N–H and O–H groups in total. The van der Waals surface area contributed by atoms with Gasteiger partial charge >= 0.3 is 5.97 Å². The molecule has 0 fully saturated rings. The number of hydrogen-bond acceptors (Lipinski definition) is 5. The predicted molar refractivity (Wildman–Crippen MR) is 114 cm³/mol. The van der Waals surface area contributed by atoms with Crippen molar-refractivity contribution in [2.75, 3.05) is 11.5 Å². The number of carbonyl (C=O) groups is 2. The minimum Gasteiger partial charge on any atom is -0.452 e. The number of ether oxygens (including phenoxy) is 1. The van der Waals surface area contributed by atoms with Crippen LogP contribution in [0.3, 0.4) is 0 Å². The Labute approximate surface area is 173 Å². The van der Waals surface area contributed by atoms with E-state index in [-0.39, 0.29) is 12.5 Å². The topological polar surface area (TPSA) is 59.5 Å². The van der Waals surface area contributed by atoms with Gasteiger partial charge in [-0.15, -0.1) is 11.3 Å². The summed E-state index contributed by atoms with van der Waals surface area (Å²) in [6, 6.07) is 15.7. The zero-order chi connectivity index (χ0) is 20.2. The van der Waals surface area contributed by atoms with E-state index >= 15 is 0 Å². The van der Waals surface area contributed by atoms with E-state index in [1.807, 2.05) is 60.8 Å². The van der Waals surface area contributed by atoms with Gasteiger partial charge in [-0.2, -0.15) is 0 Å². The van der Waals surface area contributed by atoms with Crippen molar-refractivity contribution >= 4 is 40.7 Å². The highest BCUT2D eigenvalue weighted by Gasteiger charge is 2.26. The molecule has 1 aliphatic heterocycles. The molecule has 146 valence electrons. The number of hydrogen-bond donors (Lipinski definition) is 0. The van der Waals surface area contributed by atoms with Gasteiger partial charge in [0.15, 0.2) is 6.61 Å². The van der Waals surface area contributed by atoms with Crippen molar-refractivity contribution in [1.29, 1.82) is 0 Å². The molecule has 3 aromatic rings. The van der Waals surface area contributed by atoms with Crippen molar-refractivity contribution in [1.82, 2.24) is 4.98 Å². The molecular formula is C23H20N2O3S. The minimum atomic E-state index is -0.569. The number of aryl methyl sites for hydroxylation is 3. The number of amides is 1. The van der Waals surface area contributed by atoms with E-state index in [0.717, 1.165) is 40.4 Å². The zero-order valence-electron chi connectivity index (χ0n) is 16.0. The van der Waals surface area contributed by atoms with Crippen LogP contribution in [0.2, 0.25) is 0 Å². The number of thiazole rings is 1. The Kier molecular flexibility index (Phi) is 5.53. The van der Waals surface area contributed by atoms with Crippen LogP contribution in [0.25, 0.3) is 6.08 Å². The number of fused-ring (bicyclic) bond motifs is 2. The largest absolute Gasteiger partial charge is 0.452 e. The van der Waals surface area contributed by atoms with Crippen LogP contribution in [0, 0.1) is 6.92 Å². The van der Waals surface area contributed by atoms with Crippen LogP contribution < -0.4 is 4.90 Å². The summed E-state index contributed by atoms with van der Waals surface area (Å²) in [5, 5.41) is 2.78. The molecule has 5 nitrogen and oxygen atoms in total. The quantitative estimate of drug-likeness (QED) is 0.475. The number of aromatic nitrogens is 1. The molecule has 0 spiro atoms. The molecule has 0 radical (unpaired) electrons. The van der Waals surface area contributed by atoms with E-state index in [1.165, 1.54) is 17.4 Å². The lowest BCUT2D eigenvalue weighted by atomic mass is 10.0. The first-order valence-corrected chi connectivity index (χ1v) is 10.3. The summed E-state index contributed by atoms with van der Waals surface area (Å²) in [6.07, 6.45) is 4.60. The molecule has 1 aromatic heterocycles. The van der Waals surface area contributed by atoms with E-state index in [1.54, 1.807) is 11.0 Å². The van der Waals surface area contributed by atoms with Crippen molar-refractivity contribution in [2.24, 2.45) is 0 Å². The third kappa shape index (κ3) is 4.27. The van der Waals surface area contributed by atoms with Crippen molar-refractivity contribution in [3.63, 3.8) is 0 Å². The highest BCUT2D eigenvalue weighted by atomic mass is 32.1. The summed E-state index contributed by atoms with van der Waals surface area (Å²) >= 11 is 1.51. The molecule has 4 rings (SSSR count). The van der Waals surface area contributed by atoms with Crippen molar-refractivity contribution in [3.8, 4) is 0 Å². The Morgan fingerprint density at radius 1 is 1.07 bits per heavy atom. The summed E-state index contributed by atoms with van der Waals surface area (Å²) in [5.41, 5.74) is 4.58. The van der Waals surface area contributed by atoms with Gasteiger partial charge < -0.3 is 4.74 Å². The molecule has 1 amide bonds. The lowest BCUT2D eigenvalue weighted by Crippen LogP contribution is -2.31. The number of esters is 1. The van der Waals surface area contributed by atoms with Crippen LogP contribution >= 0.6 is 11.3 Å². The Morgan fingerprint density at radius 3 is 2.28 bits per heavy atom. The molecule has 0 saturated carbocycles. The van der Waals surface area contributed by atoms with Gasteiger partial charge in [0, 0.05) is 11.5 Å². The van der Waals surface area contributed by atoms with E-state index in [0.29, 0.717) is 5.69 Å². The highest BCUT2D eigenvalue weighted by Crippen LogP contribution is 2.35. The van der Waals surface area contributed by atoms with Crippen LogP contribution in [-0.2, 0) is 27.2 Å². The van der Waals surface area contributed by atoms with Gasteiger partial charge in [-0.25, -0.2) is 9.78 Å². The zero-order valence-corrected chi connectivity index (χ0v) is 16.8. The number of carbonyl (C=O) groups excluding carboxylic acids is 2. The van der Waals surface area contributed by atoms with E-state index in [2.05, 4.69) is 4.98 Å². The molecule has 6 heteroatoms. The molecule has 1 aliphatic rings. The number of nitrogens with zero attached hydrogens (tertiary/aromatic N) is 2. The molecule has 0 unspecified atom stereocenters. The predicted octanol–water partition coefficient (Wildman–Crippen LogP) is 4.47. The molecule has 0 saturated heterocycles. The van der Waals surface area contributed by atoms with Gasteiger partial charge in [0.1, 0.15) is 0 Å². The molecular weight excluding hydrogens is 384 g/mol. The summed E-state index contributed by atoms with van der Waals surface area (Å²) < 4.78 is 5.22. The van der Waals surface area contributed by atoms with E-state index < -0.39 is 5.97 Å². The number of benzene rings is 2. The Hall–Kier alpha value is -3.25. The Morgan fingerprint density at radius 2 is 1.69 bits per heavy atom. The van der Waals surface area contributed by atoms with Gasteiger partial charge in [0.05, 0.1) is 22.1 Å². The fourth-order valence-electron chi connectivity index (χ4n) is 3.40. The molecule has 2 heterocycles. The molecule has 0 bridgehead atoms. The monoisotopic (exact) mass is 404 g/mol. The highest BCUT2D eigenvalue weighted by molar-refractivity contribution is 7.09. The van der Waals surface area contributed by atoms with Gasteiger partial charge in [-0.05, 0) is 49.1 Å². The standard InChI is InChI=1S/C23H20N2O3S/c1-16-24-19(15-29-16)12-13-23(27)28-14-22(26)25-20-8-4-2-6-17(20)10-11-18-7-3-5-9-21(18)25/h2-9,12-13,15H,10-11,14H2,1H3/b13-12+. The van der Waals surface area contributed by atoms with E-state index in [9.17, 15) is 9.59 Å². The number of anilines is 2. The molecule has 0 atom stereocenters. The number of para-hydroxylation sites is 2. The molecule has 2 aromatic carbocycles. The van der Waals surface area contributed by atoms with Crippen molar-refractivity contribution < 1.29 is 14.3 Å². The first-order chi connectivity index (χ1) is 14.1. The third-order valence-corrected chi connectivity index (χ3v) is 5.53. The maximum atomic E-state index is 13.1. The van der Waals surface area contributed by atoms with E-state index in [4.69, 9.17) is 4.74 Å². The van der Waals surface area contributed by atoms with Crippen LogP contribution in [0.5, 0.6) is 0 Å². The first kappa shape index (κ1) is 19.1. The maximum absolute atomic E-state index is 13.1. The summed E-state index contributed by atoms with van der Waals surface area (Å²) in [6.45, 7) is 1.57. The molecule has 0 aliphatic carbocycles. The van der Waals surface area contributed by atoms with Crippen LogP contribution in [0.15, 0.2) is 60.0 Å². The lowest BCUT2D eigenvalue weighted by molar-refractivity contribution is -0.142. The number of rotatable bonds is 4. The summed E-state index contributed by atoms with van der Waals surface area (Å²) in [4.78, 5) is 31.1. The fraction of sp³-hybridized carbons (Fsp3) is 0.174. The lowest BCUT2D eigenvalue weighted by Gasteiger charge is -2.24. The summed E-state index contributed by atoms with van der Waals surface area (Å²) in [5.74, 6) is -0.849. The third-order valence-electron chi connectivity index (χ3n) is 4.74. The SMILES string of the molecule is Cc1nc(/C=C/C(=O)OCC(=O)N2c3ccccc3CCc3ccccc32)cs1. The second kappa shape index (κ2) is 8.41. The second-order valence-corrected chi connectivity index (χ2v) is 7.78. The van der Waals surface area contributed by atoms with Gasteiger partial charge in [0.25, 0.3) is 5.91 Å². The smallest absolute Gasteiger partial charge is 0.331 e. The Balaban J connectivity index is 1.52. The summed E-state index contributed by atoms with van der Waals surface area (Å²) in [7, 11) is 0.